The number of nitrogens with one attached hydrogen (secondary N) is 2. The van der Waals surface area contributed by atoms with Crippen molar-refractivity contribution >= 4 is 16.7 Å². The van der Waals surface area contributed by atoms with Crippen molar-refractivity contribution in [1.29, 1.82) is 0 Å². The Morgan fingerprint density at radius 2 is 2.00 bits per heavy atom. The zero-order valence-corrected chi connectivity index (χ0v) is 18.8. The zero-order valence-electron chi connectivity index (χ0n) is 18.8. The molecule has 0 radical (unpaired) electrons. The molecular weight excluding hydrogens is 418 g/mol. The summed E-state index contributed by atoms with van der Waals surface area (Å²) in [5.41, 5.74) is 4.27. The van der Waals surface area contributed by atoms with E-state index < -0.39 is 0 Å². The fourth-order valence-corrected chi connectivity index (χ4v) is 4.05. The normalized spacial score (nSPS) is 12.3. The molecule has 0 bridgehead atoms. The number of benzene rings is 2. The number of rotatable bonds is 9. The van der Waals surface area contributed by atoms with Crippen LogP contribution in [0.3, 0.4) is 0 Å². The molecule has 0 atom stereocenters. The van der Waals surface area contributed by atoms with Crippen molar-refractivity contribution in [2.45, 2.75) is 19.5 Å². The first kappa shape index (κ1) is 21.1. The zero-order chi connectivity index (χ0) is 22.6. The number of aromatic nitrogens is 3. The second kappa shape index (κ2) is 9.38. The smallest absolute Gasteiger partial charge is 0.231 e. The molecule has 0 saturated carbocycles. The van der Waals surface area contributed by atoms with Gasteiger partial charge in [-0.1, -0.05) is 12.1 Å². The van der Waals surface area contributed by atoms with Gasteiger partial charge in [0, 0.05) is 36.8 Å². The van der Waals surface area contributed by atoms with Gasteiger partial charge in [0.05, 0.1) is 24.9 Å². The number of nitrogens with zero attached hydrogens (tertiary/aromatic N) is 3. The lowest BCUT2D eigenvalue weighted by Gasteiger charge is -2.22. The van der Waals surface area contributed by atoms with Crippen molar-refractivity contribution in [2.75, 3.05) is 32.4 Å². The molecule has 8 nitrogen and oxygen atoms in total. The van der Waals surface area contributed by atoms with Crippen molar-refractivity contribution in [3.8, 4) is 17.2 Å². The minimum atomic E-state index is 0.247. The third kappa shape index (κ3) is 4.70. The maximum atomic E-state index is 5.56. The van der Waals surface area contributed by atoms with Gasteiger partial charge in [0.25, 0.3) is 0 Å². The average Bonchev–Trinajstić information content (AvgIpc) is 3.51. The molecule has 3 heterocycles. The molecule has 5 rings (SSSR count). The third-order valence-corrected chi connectivity index (χ3v) is 5.73. The van der Waals surface area contributed by atoms with Crippen molar-refractivity contribution in [1.82, 2.24) is 20.5 Å². The Labute approximate surface area is 192 Å². The summed E-state index contributed by atoms with van der Waals surface area (Å²) in [6.45, 7) is 2.47. The van der Waals surface area contributed by atoms with Crippen LogP contribution < -0.4 is 24.4 Å². The van der Waals surface area contributed by atoms with Crippen LogP contribution in [0.5, 0.6) is 17.2 Å². The summed E-state index contributed by atoms with van der Waals surface area (Å²) >= 11 is 0. The van der Waals surface area contributed by atoms with E-state index in [1.807, 2.05) is 37.4 Å². The number of fused-ring (bicyclic) bond motifs is 2. The van der Waals surface area contributed by atoms with Crippen molar-refractivity contribution in [2.24, 2.45) is 0 Å². The van der Waals surface area contributed by atoms with Gasteiger partial charge in [-0.3, -0.25) is 5.10 Å². The number of methoxy groups -OCH3 is 1. The predicted octanol–water partition coefficient (Wildman–Crippen LogP) is 3.66. The first-order valence-electron chi connectivity index (χ1n) is 11.0. The molecule has 0 spiro atoms. The van der Waals surface area contributed by atoms with E-state index in [0.717, 1.165) is 58.2 Å². The van der Waals surface area contributed by atoms with Crippen LogP contribution in [0.15, 0.2) is 54.7 Å². The molecular formula is C25H27N5O3. The van der Waals surface area contributed by atoms with Crippen molar-refractivity contribution in [3.05, 3.63) is 71.5 Å². The SMILES string of the molecule is COc1cccc(CCNCc2cc3cc4c(cc3nc2N(C)Cc2ccn[nH]2)OCO4)c1. The number of H-pyrrole nitrogens is 1. The summed E-state index contributed by atoms with van der Waals surface area (Å²) in [5.74, 6) is 3.30. The van der Waals surface area contributed by atoms with Gasteiger partial charge in [0.15, 0.2) is 11.5 Å². The van der Waals surface area contributed by atoms with Gasteiger partial charge in [0.1, 0.15) is 11.6 Å². The van der Waals surface area contributed by atoms with E-state index >= 15 is 0 Å². The molecule has 33 heavy (non-hydrogen) atoms. The van der Waals surface area contributed by atoms with Crippen LogP contribution in [0.4, 0.5) is 5.82 Å². The van der Waals surface area contributed by atoms with Crippen LogP contribution in [0.25, 0.3) is 10.9 Å². The number of aromatic amines is 1. The number of ether oxygens (including phenoxy) is 3. The summed E-state index contributed by atoms with van der Waals surface area (Å²) in [7, 11) is 3.74. The number of hydrogen-bond donors (Lipinski definition) is 2. The Morgan fingerprint density at radius 3 is 2.82 bits per heavy atom. The third-order valence-electron chi connectivity index (χ3n) is 5.73. The van der Waals surface area contributed by atoms with Gasteiger partial charge < -0.3 is 24.4 Å². The highest BCUT2D eigenvalue weighted by molar-refractivity contribution is 5.85. The minimum Gasteiger partial charge on any atom is -0.497 e. The van der Waals surface area contributed by atoms with Crippen molar-refractivity contribution in [3.63, 3.8) is 0 Å². The molecule has 1 aliphatic heterocycles. The lowest BCUT2D eigenvalue weighted by atomic mass is 10.1. The van der Waals surface area contributed by atoms with Crippen LogP contribution in [-0.4, -0.2) is 42.7 Å². The number of hydrogen-bond acceptors (Lipinski definition) is 7. The molecule has 0 aliphatic carbocycles. The highest BCUT2D eigenvalue weighted by Gasteiger charge is 2.18. The van der Waals surface area contributed by atoms with E-state index in [4.69, 9.17) is 19.2 Å². The van der Waals surface area contributed by atoms with E-state index in [0.29, 0.717) is 13.1 Å². The summed E-state index contributed by atoms with van der Waals surface area (Å²) in [4.78, 5) is 7.13. The van der Waals surface area contributed by atoms with Gasteiger partial charge in [-0.05, 0) is 48.9 Å². The standard InChI is InChI=1S/C25H27N5O3/c1-30(15-20-7-9-27-29-20)25-19(14-26-8-6-17-4-3-5-21(10-17)31-2)11-18-12-23-24(33-16-32-23)13-22(18)28-25/h3-5,7,9-13,26H,6,8,14-16H2,1-2H3,(H,27,29). The van der Waals surface area contributed by atoms with Crippen LogP contribution in [0.2, 0.25) is 0 Å². The molecule has 2 aromatic carbocycles. The summed E-state index contributed by atoms with van der Waals surface area (Å²) in [6.07, 6.45) is 2.68. The van der Waals surface area contributed by atoms with E-state index in [9.17, 15) is 0 Å². The Hall–Kier alpha value is -3.78. The molecule has 0 unspecified atom stereocenters. The number of pyridine rings is 1. The first-order chi connectivity index (χ1) is 16.2. The molecule has 4 aromatic rings. The van der Waals surface area contributed by atoms with Gasteiger partial charge >= 0.3 is 0 Å². The summed E-state index contributed by atoms with van der Waals surface area (Å²) in [5, 5.41) is 11.7. The Morgan fingerprint density at radius 1 is 1.12 bits per heavy atom. The van der Waals surface area contributed by atoms with E-state index in [2.05, 4.69) is 38.6 Å². The second-order valence-electron chi connectivity index (χ2n) is 8.09. The fourth-order valence-electron chi connectivity index (χ4n) is 4.05. The van der Waals surface area contributed by atoms with E-state index in [1.165, 1.54) is 5.56 Å². The lowest BCUT2D eigenvalue weighted by molar-refractivity contribution is 0.174. The molecule has 0 saturated heterocycles. The largest absolute Gasteiger partial charge is 0.497 e. The Balaban J connectivity index is 1.36. The minimum absolute atomic E-state index is 0.247. The Kier molecular flexibility index (Phi) is 5.99. The van der Waals surface area contributed by atoms with Gasteiger partial charge in [-0.2, -0.15) is 5.10 Å². The average molecular weight is 446 g/mol. The summed E-state index contributed by atoms with van der Waals surface area (Å²) in [6, 6.07) is 16.3. The molecule has 2 N–H and O–H groups in total. The van der Waals surface area contributed by atoms with E-state index in [-0.39, 0.29) is 6.79 Å². The molecule has 2 aromatic heterocycles. The van der Waals surface area contributed by atoms with Crippen molar-refractivity contribution < 1.29 is 14.2 Å². The molecule has 0 amide bonds. The number of anilines is 1. The van der Waals surface area contributed by atoms with E-state index in [1.54, 1.807) is 13.3 Å². The van der Waals surface area contributed by atoms with Crippen LogP contribution in [-0.2, 0) is 19.5 Å². The molecule has 170 valence electrons. The fraction of sp³-hybridized carbons (Fsp3) is 0.280. The van der Waals surface area contributed by atoms with Crippen LogP contribution in [0.1, 0.15) is 16.8 Å². The Bertz CT molecular complexity index is 1240. The predicted molar refractivity (Wildman–Crippen MR) is 127 cm³/mol. The second-order valence-corrected chi connectivity index (χ2v) is 8.09. The van der Waals surface area contributed by atoms with Crippen LogP contribution in [0, 0.1) is 0 Å². The van der Waals surface area contributed by atoms with Gasteiger partial charge in [0.2, 0.25) is 6.79 Å². The maximum absolute atomic E-state index is 5.56. The van der Waals surface area contributed by atoms with Crippen LogP contribution >= 0.6 is 0 Å². The summed E-state index contributed by atoms with van der Waals surface area (Å²) < 4.78 is 16.4. The highest BCUT2D eigenvalue weighted by atomic mass is 16.7. The first-order valence-corrected chi connectivity index (χ1v) is 11.0. The quantitative estimate of drug-likeness (QED) is 0.380. The highest BCUT2D eigenvalue weighted by Crippen LogP contribution is 2.37. The van der Waals surface area contributed by atoms with Gasteiger partial charge in [-0.15, -0.1) is 0 Å². The molecule has 1 aliphatic rings. The topological polar surface area (TPSA) is 84.5 Å². The molecule has 0 fully saturated rings. The monoisotopic (exact) mass is 445 g/mol. The van der Waals surface area contributed by atoms with Gasteiger partial charge in [-0.25, -0.2) is 4.98 Å². The lowest BCUT2D eigenvalue weighted by Crippen LogP contribution is -2.23. The molecule has 8 heteroatoms. The maximum Gasteiger partial charge on any atom is 0.231 e.